The maximum atomic E-state index is 11.9. The smallest absolute Gasteiger partial charge is 0.162 e. The number of aromatic amines is 1. The van der Waals surface area contributed by atoms with E-state index in [9.17, 15) is 4.79 Å². The van der Waals surface area contributed by atoms with Crippen molar-refractivity contribution in [2.75, 3.05) is 0 Å². The molecule has 3 aromatic heterocycles. The zero-order chi connectivity index (χ0) is 20.7. The summed E-state index contributed by atoms with van der Waals surface area (Å²) in [7, 11) is 1.90. The van der Waals surface area contributed by atoms with Crippen LogP contribution in [0.3, 0.4) is 0 Å². The van der Waals surface area contributed by atoms with Crippen molar-refractivity contribution in [2.45, 2.75) is 13.3 Å². The van der Waals surface area contributed by atoms with Gasteiger partial charge in [0.2, 0.25) is 0 Å². The Labute approximate surface area is 177 Å². The molecule has 0 aliphatic heterocycles. The van der Waals surface area contributed by atoms with Crippen molar-refractivity contribution in [3.05, 3.63) is 65.8 Å². The molecule has 0 unspecified atom stereocenters. The molecule has 3 heterocycles. The van der Waals surface area contributed by atoms with Crippen molar-refractivity contribution < 1.29 is 4.79 Å². The molecule has 2 aromatic carbocycles. The number of aryl methyl sites for hydroxylation is 1. The van der Waals surface area contributed by atoms with E-state index in [1.54, 1.807) is 16.0 Å². The van der Waals surface area contributed by atoms with E-state index in [1.807, 2.05) is 68.1 Å². The maximum absolute atomic E-state index is 11.9. The van der Waals surface area contributed by atoms with E-state index >= 15 is 0 Å². The molecule has 5 rings (SSSR count). The minimum atomic E-state index is 0.133. The number of fused-ring (bicyclic) bond motifs is 1. The number of hydrogen-bond acceptors (Lipinski definition) is 5. The van der Waals surface area contributed by atoms with Gasteiger partial charge >= 0.3 is 0 Å². The third kappa shape index (κ3) is 3.23. The van der Waals surface area contributed by atoms with Crippen LogP contribution >= 0.6 is 11.3 Å². The van der Waals surface area contributed by atoms with Gasteiger partial charge in [0, 0.05) is 36.4 Å². The highest BCUT2D eigenvalue weighted by molar-refractivity contribution is 7.16. The van der Waals surface area contributed by atoms with Gasteiger partial charge in [0.25, 0.3) is 0 Å². The predicted octanol–water partition coefficient (Wildman–Crippen LogP) is 5.35. The topological polar surface area (TPSA) is 76.5 Å². The number of Topliss-reactive ketones (excluding diaryl/α,β-unsaturated/α-hetero) is 1. The third-order valence-electron chi connectivity index (χ3n) is 5.08. The molecule has 0 fully saturated rings. The normalized spacial score (nSPS) is 11.3. The summed E-state index contributed by atoms with van der Waals surface area (Å²) in [5, 5.41) is 4.57. The average molecular weight is 414 g/mol. The lowest BCUT2D eigenvalue weighted by atomic mass is 10.1. The SMILES string of the molecule is CCC(=O)c1ccc(-c2nc(-c3ccc4ncsc4c3)c(-c3ccn(C)n3)[nH]2)cc1. The molecule has 30 heavy (non-hydrogen) atoms. The van der Waals surface area contributed by atoms with Gasteiger partial charge in [-0.15, -0.1) is 11.3 Å². The summed E-state index contributed by atoms with van der Waals surface area (Å²) in [6.45, 7) is 1.87. The van der Waals surface area contributed by atoms with Gasteiger partial charge in [-0.25, -0.2) is 9.97 Å². The second-order valence-corrected chi connectivity index (χ2v) is 7.96. The molecule has 6 nitrogen and oxygen atoms in total. The van der Waals surface area contributed by atoms with Gasteiger partial charge in [-0.1, -0.05) is 37.3 Å². The molecule has 7 heteroatoms. The van der Waals surface area contributed by atoms with Crippen LogP contribution in [0.15, 0.2) is 60.2 Å². The predicted molar refractivity (Wildman–Crippen MR) is 119 cm³/mol. The molecule has 0 atom stereocenters. The van der Waals surface area contributed by atoms with Crippen molar-refractivity contribution in [2.24, 2.45) is 7.05 Å². The summed E-state index contributed by atoms with van der Waals surface area (Å²) in [5.41, 5.74) is 8.01. The Bertz CT molecular complexity index is 1360. The summed E-state index contributed by atoms with van der Waals surface area (Å²) in [6, 6.07) is 15.7. The van der Waals surface area contributed by atoms with E-state index in [0.29, 0.717) is 12.0 Å². The molecular weight excluding hydrogens is 394 g/mol. The summed E-state index contributed by atoms with van der Waals surface area (Å²) < 4.78 is 2.89. The van der Waals surface area contributed by atoms with Gasteiger partial charge < -0.3 is 4.98 Å². The number of hydrogen-bond donors (Lipinski definition) is 1. The first-order chi connectivity index (χ1) is 14.6. The Morgan fingerprint density at radius 2 is 1.90 bits per heavy atom. The van der Waals surface area contributed by atoms with E-state index in [-0.39, 0.29) is 5.78 Å². The number of carbonyl (C=O) groups is 1. The lowest BCUT2D eigenvalue weighted by Crippen LogP contribution is -1.95. The molecule has 5 aromatic rings. The van der Waals surface area contributed by atoms with Gasteiger partial charge in [-0.3, -0.25) is 9.48 Å². The fourth-order valence-corrected chi connectivity index (χ4v) is 4.19. The van der Waals surface area contributed by atoms with Crippen molar-refractivity contribution in [1.82, 2.24) is 24.7 Å². The van der Waals surface area contributed by atoms with Crippen LogP contribution in [0, 0.1) is 0 Å². The molecule has 1 N–H and O–H groups in total. The lowest BCUT2D eigenvalue weighted by molar-refractivity contribution is 0.0988. The van der Waals surface area contributed by atoms with E-state index in [1.165, 1.54) is 0 Å². The number of imidazole rings is 1. The fraction of sp³-hybridized carbons (Fsp3) is 0.130. The summed E-state index contributed by atoms with van der Waals surface area (Å²) in [6.07, 6.45) is 2.41. The molecule has 0 spiro atoms. The molecule has 0 amide bonds. The maximum Gasteiger partial charge on any atom is 0.162 e. The van der Waals surface area contributed by atoms with Crippen LogP contribution in [0.2, 0.25) is 0 Å². The minimum absolute atomic E-state index is 0.133. The van der Waals surface area contributed by atoms with Crippen LogP contribution in [0.25, 0.3) is 44.2 Å². The molecule has 0 radical (unpaired) electrons. The Hall–Kier alpha value is -3.58. The second kappa shape index (κ2) is 7.35. The number of aromatic nitrogens is 5. The van der Waals surface area contributed by atoms with E-state index in [4.69, 9.17) is 4.98 Å². The third-order valence-corrected chi connectivity index (χ3v) is 5.87. The minimum Gasteiger partial charge on any atom is -0.336 e. The first-order valence-electron chi connectivity index (χ1n) is 9.69. The molecule has 0 bridgehead atoms. The Morgan fingerprint density at radius 3 is 2.63 bits per heavy atom. The number of rotatable bonds is 5. The van der Waals surface area contributed by atoms with Crippen LogP contribution < -0.4 is 0 Å². The lowest BCUT2D eigenvalue weighted by Gasteiger charge is -2.00. The molecule has 0 saturated carbocycles. The number of thiazole rings is 1. The highest BCUT2D eigenvalue weighted by Gasteiger charge is 2.18. The first-order valence-corrected chi connectivity index (χ1v) is 10.6. The Morgan fingerprint density at radius 1 is 1.10 bits per heavy atom. The van der Waals surface area contributed by atoms with Crippen LogP contribution in [0.5, 0.6) is 0 Å². The van der Waals surface area contributed by atoms with Crippen molar-refractivity contribution in [3.63, 3.8) is 0 Å². The largest absolute Gasteiger partial charge is 0.336 e. The number of carbonyl (C=O) groups excluding carboxylic acids is 1. The highest BCUT2D eigenvalue weighted by atomic mass is 32.1. The monoisotopic (exact) mass is 413 g/mol. The number of nitrogens with one attached hydrogen (secondary N) is 1. The van der Waals surface area contributed by atoms with Gasteiger partial charge in [0.1, 0.15) is 11.5 Å². The van der Waals surface area contributed by atoms with Crippen LogP contribution in [0.1, 0.15) is 23.7 Å². The molecule has 0 aliphatic rings. The van der Waals surface area contributed by atoms with E-state index in [2.05, 4.69) is 21.1 Å². The van der Waals surface area contributed by atoms with Crippen LogP contribution in [0.4, 0.5) is 0 Å². The van der Waals surface area contributed by atoms with E-state index in [0.717, 1.165) is 44.2 Å². The summed E-state index contributed by atoms with van der Waals surface area (Å²) in [5.74, 6) is 0.874. The highest BCUT2D eigenvalue weighted by Crippen LogP contribution is 2.34. The molecule has 0 aliphatic carbocycles. The number of nitrogens with zero attached hydrogens (tertiary/aromatic N) is 4. The van der Waals surface area contributed by atoms with Crippen molar-refractivity contribution in [1.29, 1.82) is 0 Å². The number of ketones is 1. The summed E-state index contributed by atoms with van der Waals surface area (Å²) in [4.78, 5) is 24.7. The standard InChI is InChI=1S/C23H19N5OS/c1-3-19(29)14-4-6-15(7-5-14)23-25-21(22(26-23)18-10-11-28(2)27-18)16-8-9-17-20(12-16)30-13-24-17/h4-13H,3H2,1-2H3,(H,25,26). The summed E-state index contributed by atoms with van der Waals surface area (Å²) >= 11 is 1.61. The van der Waals surface area contributed by atoms with Gasteiger partial charge in [-0.2, -0.15) is 5.10 Å². The first kappa shape index (κ1) is 18.4. The fourth-order valence-electron chi connectivity index (χ4n) is 3.47. The van der Waals surface area contributed by atoms with Crippen molar-refractivity contribution in [3.8, 4) is 34.0 Å². The zero-order valence-electron chi connectivity index (χ0n) is 16.6. The van der Waals surface area contributed by atoms with E-state index < -0.39 is 0 Å². The van der Waals surface area contributed by atoms with Crippen molar-refractivity contribution >= 4 is 27.3 Å². The number of benzene rings is 2. The van der Waals surface area contributed by atoms with Gasteiger partial charge in [0.05, 0.1) is 27.1 Å². The van der Waals surface area contributed by atoms with Gasteiger partial charge in [0.15, 0.2) is 5.78 Å². The van der Waals surface area contributed by atoms with Gasteiger partial charge in [-0.05, 0) is 18.2 Å². The van der Waals surface area contributed by atoms with Crippen LogP contribution in [-0.2, 0) is 7.05 Å². The Balaban J connectivity index is 1.64. The number of H-pyrrole nitrogens is 1. The molecular formula is C23H19N5OS. The molecule has 148 valence electrons. The second-order valence-electron chi connectivity index (χ2n) is 7.07. The van der Waals surface area contributed by atoms with Crippen LogP contribution in [-0.4, -0.2) is 30.5 Å². The molecule has 0 saturated heterocycles. The average Bonchev–Trinajstić information content (AvgIpc) is 3.51. The zero-order valence-corrected chi connectivity index (χ0v) is 17.4. The quantitative estimate of drug-likeness (QED) is 0.394. The Kier molecular flexibility index (Phi) is 4.52.